The van der Waals surface area contributed by atoms with Gasteiger partial charge in [0, 0.05) is 18.8 Å². The third-order valence-electron chi connectivity index (χ3n) is 8.02. The molecule has 4 heterocycles. The van der Waals surface area contributed by atoms with Gasteiger partial charge in [-0.05, 0) is 66.4 Å². The SMILES string of the molecule is CCC(F)(F)C(F)(F)C(F)(F)/C(=C\c1c(C)nc2ccc(-c3ccccc3)cn12)c1c(C)nc2ccc(-c3ccccc3)cn12. The zero-order valence-corrected chi connectivity index (χ0v) is 24.6. The van der Waals surface area contributed by atoms with Crippen LogP contribution in [0.1, 0.15) is 36.1 Å². The number of halogens is 6. The molecule has 0 N–H and O–H groups in total. The number of fused-ring (bicyclic) bond motifs is 2. The largest absolute Gasteiger partial charge is 0.376 e. The van der Waals surface area contributed by atoms with Crippen LogP contribution in [-0.2, 0) is 0 Å². The van der Waals surface area contributed by atoms with Crippen LogP contribution in [0.4, 0.5) is 26.3 Å². The maximum absolute atomic E-state index is 16.3. The van der Waals surface area contributed by atoms with Crippen LogP contribution < -0.4 is 0 Å². The van der Waals surface area contributed by atoms with Crippen molar-refractivity contribution in [3.63, 3.8) is 0 Å². The van der Waals surface area contributed by atoms with Crippen molar-refractivity contribution in [3.05, 3.63) is 120 Å². The summed E-state index contributed by atoms with van der Waals surface area (Å²) in [7, 11) is 0. The van der Waals surface area contributed by atoms with Gasteiger partial charge < -0.3 is 0 Å². The van der Waals surface area contributed by atoms with E-state index in [4.69, 9.17) is 0 Å². The molecule has 0 saturated carbocycles. The van der Waals surface area contributed by atoms with Gasteiger partial charge in [0.15, 0.2) is 0 Å². The van der Waals surface area contributed by atoms with Crippen molar-refractivity contribution in [2.24, 2.45) is 0 Å². The second-order valence-corrected chi connectivity index (χ2v) is 10.9. The standard InChI is InChI=1S/C35H28F6N4/c1-4-33(36,37)35(40,41)34(38,39)28(32-23(3)43-31-18-16-27(21-45(31)32)25-13-9-6-10-14-25)19-29-22(2)42-30-17-15-26(20-44(29)30)24-11-7-5-8-12-24/h5-21H,4H2,1-3H3/b28-19-. The average Bonchev–Trinajstić information content (AvgIpc) is 3.53. The van der Waals surface area contributed by atoms with Crippen LogP contribution in [0.3, 0.4) is 0 Å². The van der Waals surface area contributed by atoms with Crippen LogP contribution in [0, 0.1) is 13.8 Å². The number of pyridine rings is 2. The quantitative estimate of drug-likeness (QED) is 0.159. The molecule has 0 amide bonds. The van der Waals surface area contributed by atoms with Crippen LogP contribution in [0.25, 0.3) is 45.2 Å². The highest BCUT2D eigenvalue weighted by molar-refractivity contribution is 5.87. The zero-order chi connectivity index (χ0) is 32.1. The summed E-state index contributed by atoms with van der Waals surface area (Å²) in [4.78, 5) is 8.79. The van der Waals surface area contributed by atoms with E-state index in [1.807, 2.05) is 36.4 Å². The molecule has 0 aliphatic heterocycles. The summed E-state index contributed by atoms with van der Waals surface area (Å²) in [6, 6.07) is 25.0. The van der Waals surface area contributed by atoms with E-state index in [9.17, 15) is 8.78 Å². The average molecular weight is 619 g/mol. The molecule has 0 aliphatic carbocycles. The molecule has 6 aromatic rings. The molecule has 10 heteroatoms. The minimum atomic E-state index is -5.74. The predicted molar refractivity (Wildman–Crippen MR) is 164 cm³/mol. The van der Waals surface area contributed by atoms with E-state index in [1.54, 1.807) is 61.7 Å². The highest BCUT2D eigenvalue weighted by Crippen LogP contribution is 2.53. The van der Waals surface area contributed by atoms with Crippen molar-refractivity contribution in [2.75, 3.05) is 0 Å². The van der Waals surface area contributed by atoms with E-state index in [1.165, 1.54) is 21.9 Å². The Morgan fingerprint density at radius 2 is 1.13 bits per heavy atom. The molecule has 0 unspecified atom stereocenters. The summed E-state index contributed by atoms with van der Waals surface area (Å²) in [5, 5.41) is 0. The Balaban J connectivity index is 1.66. The lowest BCUT2D eigenvalue weighted by molar-refractivity contribution is -0.288. The molecule has 4 aromatic heterocycles. The number of imidazole rings is 2. The van der Waals surface area contributed by atoms with Crippen molar-refractivity contribution < 1.29 is 26.3 Å². The molecule has 2 aromatic carbocycles. The summed E-state index contributed by atoms with van der Waals surface area (Å²) in [5.41, 5.74) is 1.98. The first kappa shape index (κ1) is 30.2. The molecular formula is C35H28F6N4. The normalized spacial score (nSPS) is 13.2. The summed E-state index contributed by atoms with van der Waals surface area (Å²) in [5.74, 6) is -16.1. The molecule has 0 radical (unpaired) electrons. The highest BCUT2D eigenvalue weighted by Gasteiger charge is 2.72. The van der Waals surface area contributed by atoms with Gasteiger partial charge in [-0.2, -0.15) is 26.3 Å². The van der Waals surface area contributed by atoms with Crippen molar-refractivity contribution in [1.82, 2.24) is 18.8 Å². The number of alkyl halides is 6. The van der Waals surface area contributed by atoms with Crippen LogP contribution >= 0.6 is 0 Å². The summed E-state index contributed by atoms with van der Waals surface area (Å²) >= 11 is 0. The number of nitrogens with zero attached hydrogens (tertiary/aromatic N) is 4. The van der Waals surface area contributed by atoms with E-state index < -0.39 is 35.5 Å². The Hall–Kier alpha value is -4.86. The summed E-state index contributed by atoms with van der Waals surface area (Å²) < 4.78 is 95.7. The van der Waals surface area contributed by atoms with Gasteiger partial charge in [0.25, 0.3) is 0 Å². The first-order valence-electron chi connectivity index (χ1n) is 14.3. The molecule has 4 nitrogen and oxygen atoms in total. The summed E-state index contributed by atoms with van der Waals surface area (Å²) in [6.07, 6.45) is 2.51. The molecular weight excluding hydrogens is 590 g/mol. The minimum absolute atomic E-state index is 0.0294. The van der Waals surface area contributed by atoms with Crippen LogP contribution in [0.15, 0.2) is 97.3 Å². The molecule has 230 valence electrons. The van der Waals surface area contributed by atoms with Crippen molar-refractivity contribution in [1.29, 1.82) is 0 Å². The van der Waals surface area contributed by atoms with Crippen LogP contribution in [0.5, 0.6) is 0 Å². The smallest absolute Gasteiger partial charge is 0.299 e. The Kier molecular flexibility index (Phi) is 7.34. The predicted octanol–water partition coefficient (Wildman–Crippen LogP) is 9.79. The van der Waals surface area contributed by atoms with E-state index in [2.05, 4.69) is 9.97 Å². The van der Waals surface area contributed by atoms with Crippen molar-refractivity contribution in [3.8, 4) is 22.3 Å². The lowest BCUT2D eigenvalue weighted by Gasteiger charge is -2.34. The first-order valence-corrected chi connectivity index (χ1v) is 14.3. The van der Waals surface area contributed by atoms with Gasteiger partial charge in [0.1, 0.15) is 11.3 Å². The van der Waals surface area contributed by atoms with Gasteiger partial charge in [-0.15, -0.1) is 0 Å². The topological polar surface area (TPSA) is 34.6 Å². The number of aryl methyl sites for hydroxylation is 2. The molecule has 6 rings (SSSR count). The van der Waals surface area contributed by atoms with Gasteiger partial charge in [0.2, 0.25) is 0 Å². The van der Waals surface area contributed by atoms with E-state index >= 15 is 17.6 Å². The Labute approximate surface area is 255 Å². The number of rotatable bonds is 8. The van der Waals surface area contributed by atoms with Gasteiger partial charge in [-0.3, -0.25) is 8.80 Å². The highest BCUT2D eigenvalue weighted by atomic mass is 19.3. The fourth-order valence-electron chi connectivity index (χ4n) is 5.51. The number of benzene rings is 2. The molecule has 0 spiro atoms. The second-order valence-electron chi connectivity index (χ2n) is 10.9. The Bertz CT molecular complexity index is 2040. The van der Waals surface area contributed by atoms with Crippen LogP contribution in [-0.4, -0.2) is 36.5 Å². The Morgan fingerprint density at radius 3 is 1.67 bits per heavy atom. The molecule has 0 bridgehead atoms. The minimum Gasteiger partial charge on any atom is -0.299 e. The maximum atomic E-state index is 16.3. The number of hydrogen-bond acceptors (Lipinski definition) is 2. The van der Waals surface area contributed by atoms with Crippen molar-refractivity contribution >= 4 is 22.9 Å². The van der Waals surface area contributed by atoms with Crippen LogP contribution in [0.2, 0.25) is 0 Å². The lowest BCUT2D eigenvalue weighted by atomic mass is 9.92. The third-order valence-corrected chi connectivity index (χ3v) is 8.02. The summed E-state index contributed by atoms with van der Waals surface area (Å²) in [6.45, 7) is 3.68. The molecule has 0 fully saturated rings. The molecule has 0 saturated heterocycles. The van der Waals surface area contributed by atoms with E-state index in [0.29, 0.717) is 16.8 Å². The van der Waals surface area contributed by atoms with Crippen molar-refractivity contribution in [2.45, 2.75) is 45.0 Å². The zero-order valence-electron chi connectivity index (χ0n) is 24.6. The van der Waals surface area contributed by atoms with E-state index in [-0.39, 0.29) is 22.7 Å². The fourth-order valence-corrected chi connectivity index (χ4v) is 5.51. The molecule has 45 heavy (non-hydrogen) atoms. The Morgan fingerprint density at radius 1 is 0.644 bits per heavy atom. The fraction of sp³-hybridized carbons (Fsp3) is 0.200. The number of hydrogen-bond donors (Lipinski definition) is 0. The monoisotopic (exact) mass is 618 g/mol. The number of aromatic nitrogens is 4. The van der Waals surface area contributed by atoms with Gasteiger partial charge in [0.05, 0.1) is 28.3 Å². The van der Waals surface area contributed by atoms with Gasteiger partial charge in [-0.25, -0.2) is 9.97 Å². The molecule has 0 atom stereocenters. The van der Waals surface area contributed by atoms with E-state index in [0.717, 1.165) is 24.1 Å². The third kappa shape index (κ3) is 4.98. The van der Waals surface area contributed by atoms with Gasteiger partial charge in [-0.1, -0.05) is 67.6 Å². The molecule has 0 aliphatic rings. The number of allylic oxidation sites excluding steroid dienone is 1. The lowest BCUT2D eigenvalue weighted by Crippen LogP contribution is -2.54. The first-order chi connectivity index (χ1) is 21.4. The second kappa shape index (κ2) is 10.9. The van der Waals surface area contributed by atoms with Gasteiger partial charge >= 0.3 is 17.8 Å². The maximum Gasteiger partial charge on any atom is 0.376 e.